The number of aryl methyl sites for hydroxylation is 1. The molecule has 220 valence electrons. The van der Waals surface area contributed by atoms with E-state index in [1.165, 1.54) is 16.6 Å². The van der Waals surface area contributed by atoms with Gasteiger partial charge in [0.05, 0.1) is 17.6 Å². The van der Waals surface area contributed by atoms with Crippen molar-refractivity contribution in [2.75, 3.05) is 43.4 Å². The van der Waals surface area contributed by atoms with Crippen molar-refractivity contribution in [3.05, 3.63) is 75.2 Å². The second-order valence-corrected chi connectivity index (χ2v) is 12.9. The van der Waals surface area contributed by atoms with Gasteiger partial charge in [0.2, 0.25) is 15.8 Å². The number of rotatable bonds is 8. The molecular weight excluding hydrogens is 583 g/mol. The van der Waals surface area contributed by atoms with Crippen LogP contribution in [0.25, 0.3) is 5.69 Å². The minimum atomic E-state index is -4.46. The van der Waals surface area contributed by atoms with Gasteiger partial charge < -0.3 is 15.4 Å². The lowest BCUT2D eigenvalue weighted by atomic mass is 10.1. The molecule has 0 radical (unpaired) electrons. The van der Waals surface area contributed by atoms with Crippen LogP contribution in [0.15, 0.2) is 53.5 Å². The maximum absolute atomic E-state index is 13.6. The molecule has 14 heteroatoms. The third kappa shape index (κ3) is 6.02. The molecule has 0 amide bonds. The summed E-state index contributed by atoms with van der Waals surface area (Å²) in [5.41, 5.74) is 5.61. The van der Waals surface area contributed by atoms with E-state index in [2.05, 4.69) is 5.10 Å². The highest BCUT2D eigenvalue weighted by molar-refractivity contribution is 7.88. The summed E-state index contributed by atoms with van der Waals surface area (Å²) in [6.45, 7) is 1.69. The summed E-state index contributed by atoms with van der Waals surface area (Å²) >= 11 is 6.07. The topological polar surface area (TPSA) is 111 Å². The molecule has 0 atom stereocenters. The molecule has 2 heterocycles. The summed E-state index contributed by atoms with van der Waals surface area (Å²) in [5.74, 6) is -0.469. The van der Waals surface area contributed by atoms with E-state index in [1.54, 1.807) is 48.2 Å². The molecule has 2 aromatic carbocycles. The molecule has 41 heavy (non-hydrogen) atoms. The van der Waals surface area contributed by atoms with Gasteiger partial charge in [0.15, 0.2) is 0 Å². The van der Waals surface area contributed by atoms with Crippen LogP contribution in [-0.4, -0.2) is 61.5 Å². The van der Waals surface area contributed by atoms with E-state index in [0.29, 0.717) is 22.0 Å². The molecule has 2 aliphatic rings. The van der Waals surface area contributed by atoms with Crippen molar-refractivity contribution in [1.29, 1.82) is 0 Å². The SMILES string of the molecule is Cc1cc(CS(=O)(=O)N2CCN(c3cnn(-c4cccc(Cl)c4)c(=O)c3OCC3(C(F)(F)F)CC3)CC2)ccc1N. The van der Waals surface area contributed by atoms with Gasteiger partial charge in [-0.3, -0.25) is 4.79 Å². The first-order valence-corrected chi connectivity index (χ1v) is 14.9. The monoisotopic (exact) mass is 611 g/mol. The van der Waals surface area contributed by atoms with Gasteiger partial charge >= 0.3 is 11.7 Å². The number of aromatic nitrogens is 2. The predicted molar refractivity (Wildman–Crippen MR) is 150 cm³/mol. The number of nitrogens with two attached hydrogens (primary N) is 1. The number of hydrogen-bond acceptors (Lipinski definition) is 7. The lowest BCUT2D eigenvalue weighted by Gasteiger charge is -2.36. The van der Waals surface area contributed by atoms with Gasteiger partial charge in [-0.05, 0) is 55.2 Å². The van der Waals surface area contributed by atoms with Gasteiger partial charge in [-0.1, -0.05) is 29.8 Å². The molecule has 2 fully saturated rings. The van der Waals surface area contributed by atoms with Crippen LogP contribution in [0.3, 0.4) is 0 Å². The lowest BCUT2D eigenvalue weighted by Crippen LogP contribution is -2.49. The lowest BCUT2D eigenvalue weighted by molar-refractivity contribution is -0.194. The molecule has 1 aromatic heterocycles. The van der Waals surface area contributed by atoms with E-state index in [9.17, 15) is 26.4 Å². The van der Waals surface area contributed by atoms with Crippen molar-refractivity contribution in [1.82, 2.24) is 14.1 Å². The zero-order valence-corrected chi connectivity index (χ0v) is 23.8. The Morgan fingerprint density at radius 3 is 2.41 bits per heavy atom. The summed E-state index contributed by atoms with van der Waals surface area (Å²) in [6.07, 6.45) is -3.27. The number of halogens is 4. The van der Waals surface area contributed by atoms with Crippen LogP contribution in [0, 0.1) is 12.3 Å². The molecule has 2 N–H and O–H groups in total. The number of sulfonamides is 1. The molecule has 0 bridgehead atoms. The summed E-state index contributed by atoms with van der Waals surface area (Å²) in [7, 11) is -3.66. The average molecular weight is 612 g/mol. The fraction of sp³-hybridized carbons (Fsp3) is 0.407. The smallest absolute Gasteiger partial charge is 0.397 e. The Labute approximate surface area is 240 Å². The van der Waals surface area contributed by atoms with Gasteiger partial charge in [0.25, 0.3) is 0 Å². The van der Waals surface area contributed by atoms with Crippen molar-refractivity contribution in [3.8, 4) is 11.4 Å². The Hall–Kier alpha value is -3.29. The molecule has 1 aliphatic carbocycles. The third-order valence-electron chi connectivity index (χ3n) is 7.57. The summed E-state index contributed by atoms with van der Waals surface area (Å²) in [5, 5.41) is 4.58. The van der Waals surface area contributed by atoms with Crippen LogP contribution in [0.5, 0.6) is 5.75 Å². The minimum Gasteiger partial charge on any atom is -0.485 e. The van der Waals surface area contributed by atoms with Crippen LogP contribution in [0.2, 0.25) is 5.02 Å². The van der Waals surface area contributed by atoms with Crippen LogP contribution in [-0.2, 0) is 15.8 Å². The van der Waals surface area contributed by atoms with E-state index in [4.69, 9.17) is 22.1 Å². The van der Waals surface area contributed by atoms with Crippen LogP contribution in [0.4, 0.5) is 24.5 Å². The first kappa shape index (κ1) is 29.2. The first-order chi connectivity index (χ1) is 19.3. The predicted octanol–water partition coefficient (Wildman–Crippen LogP) is 4.15. The Bertz CT molecular complexity index is 1620. The first-order valence-electron chi connectivity index (χ1n) is 13.0. The number of ether oxygens (including phenoxy) is 1. The zero-order valence-electron chi connectivity index (χ0n) is 22.2. The van der Waals surface area contributed by atoms with Gasteiger partial charge in [0, 0.05) is 36.9 Å². The van der Waals surface area contributed by atoms with Crippen LogP contribution >= 0.6 is 11.6 Å². The Morgan fingerprint density at radius 1 is 1.10 bits per heavy atom. The van der Waals surface area contributed by atoms with E-state index in [0.717, 1.165) is 10.2 Å². The number of hydrogen-bond donors (Lipinski definition) is 1. The molecule has 5 rings (SSSR count). The minimum absolute atomic E-state index is 0.0799. The number of anilines is 2. The van der Waals surface area contributed by atoms with E-state index >= 15 is 0 Å². The van der Waals surface area contributed by atoms with Crippen molar-refractivity contribution in [2.45, 2.75) is 31.7 Å². The fourth-order valence-corrected chi connectivity index (χ4v) is 6.48. The molecule has 0 spiro atoms. The van der Waals surface area contributed by atoms with Crippen molar-refractivity contribution in [3.63, 3.8) is 0 Å². The van der Waals surface area contributed by atoms with E-state index in [-0.39, 0.29) is 56.2 Å². The van der Waals surface area contributed by atoms with Gasteiger partial charge in [0.1, 0.15) is 17.7 Å². The second-order valence-electron chi connectivity index (χ2n) is 10.5. The highest BCUT2D eigenvalue weighted by Crippen LogP contribution is 2.57. The summed E-state index contributed by atoms with van der Waals surface area (Å²) < 4.78 is 75.2. The fourth-order valence-electron chi connectivity index (χ4n) is 4.79. The number of nitrogen functional groups attached to an aromatic ring is 1. The Morgan fingerprint density at radius 2 is 1.80 bits per heavy atom. The molecule has 1 saturated heterocycles. The maximum Gasteiger partial charge on any atom is 0.397 e. The number of alkyl halides is 3. The maximum atomic E-state index is 13.6. The highest BCUT2D eigenvalue weighted by Gasteiger charge is 2.64. The number of benzene rings is 2. The van der Waals surface area contributed by atoms with Crippen LogP contribution < -0.4 is 20.9 Å². The standard InChI is InChI=1S/C27H29ClF3N5O4S/c1-18-13-19(5-6-22(18)32)16-41(38,39)35-11-9-34(10-12-35)23-15-33-36(21-4-2-3-20(28)14-21)25(37)24(23)40-17-26(7-8-26)27(29,30)31/h2-6,13-15H,7-12,16-17,32H2,1H3. The van der Waals surface area contributed by atoms with Gasteiger partial charge in [-0.15, -0.1) is 0 Å². The Balaban J connectivity index is 1.38. The molecule has 9 nitrogen and oxygen atoms in total. The molecular formula is C27H29ClF3N5O4S. The number of piperazine rings is 1. The normalized spacial score (nSPS) is 17.4. The number of nitrogens with zero attached hydrogens (tertiary/aromatic N) is 4. The molecule has 1 aliphatic heterocycles. The molecule has 0 unspecified atom stereocenters. The van der Waals surface area contributed by atoms with Gasteiger partial charge in [-0.25, -0.2) is 8.42 Å². The average Bonchev–Trinajstić information content (AvgIpc) is 3.71. The summed E-state index contributed by atoms with van der Waals surface area (Å²) in [6, 6.07) is 11.4. The zero-order chi connectivity index (χ0) is 29.6. The second kappa shape index (κ2) is 10.8. The quantitative estimate of drug-likeness (QED) is 0.381. The largest absolute Gasteiger partial charge is 0.485 e. The molecule has 1 saturated carbocycles. The van der Waals surface area contributed by atoms with Crippen molar-refractivity contribution in [2.24, 2.45) is 5.41 Å². The highest BCUT2D eigenvalue weighted by atomic mass is 35.5. The van der Waals surface area contributed by atoms with E-state index < -0.39 is 33.8 Å². The Kier molecular flexibility index (Phi) is 7.72. The molecule has 3 aromatic rings. The van der Waals surface area contributed by atoms with E-state index in [1.807, 2.05) is 0 Å². The van der Waals surface area contributed by atoms with Gasteiger partial charge in [-0.2, -0.15) is 27.3 Å². The van der Waals surface area contributed by atoms with Crippen molar-refractivity contribution >= 4 is 33.0 Å². The van der Waals surface area contributed by atoms with Crippen LogP contribution in [0.1, 0.15) is 24.0 Å². The third-order valence-corrected chi connectivity index (χ3v) is 9.66. The summed E-state index contributed by atoms with van der Waals surface area (Å²) in [4.78, 5) is 15.2. The van der Waals surface area contributed by atoms with Crippen molar-refractivity contribution < 1.29 is 26.3 Å².